The molecule has 4 heteroatoms. The van der Waals surface area contributed by atoms with Gasteiger partial charge in [-0.05, 0) is 30.7 Å². The lowest BCUT2D eigenvalue weighted by Crippen LogP contribution is -2.31. The van der Waals surface area contributed by atoms with E-state index >= 15 is 0 Å². The van der Waals surface area contributed by atoms with Gasteiger partial charge >= 0.3 is 5.97 Å². The SMILES string of the molecule is CCCOc1cccc(CN(CC)CC(C)C(=O)O)c1. The summed E-state index contributed by atoms with van der Waals surface area (Å²) >= 11 is 0. The molecule has 1 N–H and O–H groups in total. The summed E-state index contributed by atoms with van der Waals surface area (Å²) < 4.78 is 5.62. The van der Waals surface area contributed by atoms with Gasteiger partial charge in [-0.1, -0.05) is 32.9 Å². The zero-order chi connectivity index (χ0) is 15.0. The summed E-state index contributed by atoms with van der Waals surface area (Å²) in [5, 5.41) is 8.99. The first kappa shape index (κ1) is 16.5. The van der Waals surface area contributed by atoms with Crippen LogP contribution >= 0.6 is 0 Å². The second kappa shape index (κ2) is 8.59. The molecule has 0 aliphatic heterocycles. The molecule has 20 heavy (non-hydrogen) atoms. The number of rotatable bonds is 9. The highest BCUT2D eigenvalue weighted by atomic mass is 16.5. The third-order valence-corrected chi connectivity index (χ3v) is 3.18. The fourth-order valence-corrected chi connectivity index (χ4v) is 1.98. The van der Waals surface area contributed by atoms with E-state index in [1.807, 2.05) is 31.2 Å². The van der Waals surface area contributed by atoms with Crippen molar-refractivity contribution in [3.8, 4) is 5.75 Å². The predicted molar refractivity (Wildman–Crippen MR) is 80.0 cm³/mol. The molecule has 112 valence electrons. The number of aliphatic carboxylic acids is 1. The first-order chi connectivity index (χ1) is 9.56. The Bertz CT molecular complexity index is 420. The minimum absolute atomic E-state index is 0.352. The summed E-state index contributed by atoms with van der Waals surface area (Å²) in [4.78, 5) is 13.1. The number of ether oxygens (including phenoxy) is 1. The van der Waals surface area contributed by atoms with E-state index in [2.05, 4.69) is 11.8 Å². The van der Waals surface area contributed by atoms with E-state index in [0.717, 1.165) is 37.4 Å². The molecule has 1 aromatic carbocycles. The third-order valence-electron chi connectivity index (χ3n) is 3.18. The van der Waals surface area contributed by atoms with E-state index in [0.29, 0.717) is 6.54 Å². The van der Waals surface area contributed by atoms with Crippen molar-refractivity contribution >= 4 is 5.97 Å². The molecule has 0 fully saturated rings. The van der Waals surface area contributed by atoms with Crippen LogP contribution in [0.4, 0.5) is 0 Å². The molecule has 4 nitrogen and oxygen atoms in total. The van der Waals surface area contributed by atoms with Crippen molar-refractivity contribution in [3.63, 3.8) is 0 Å². The van der Waals surface area contributed by atoms with Crippen LogP contribution in [-0.2, 0) is 11.3 Å². The zero-order valence-electron chi connectivity index (χ0n) is 12.6. The number of nitrogens with zero attached hydrogens (tertiary/aromatic N) is 1. The Labute approximate surface area is 121 Å². The van der Waals surface area contributed by atoms with Gasteiger partial charge in [0.25, 0.3) is 0 Å². The molecule has 0 bridgehead atoms. The van der Waals surface area contributed by atoms with Gasteiger partial charge in [-0.2, -0.15) is 0 Å². The average Bonchev–Trinajstić information content (AvgIpc) is 2.44. The molecule has 1 aromatic rings. The molecule has 0 saturated carbocycles. The Morgan fingerprint density at radius 3 is 2.75 bits per heavy atom. The maximum Gasteiger partial charge on any atom is 0.307 e. The molecule has 0 saturated heterocycles. The lowest BCUT2D eigenvalue weighted by molar-refractivity contribution is -0.141. The van der Waals surface area contributed by atoms with Crippen LogP contribution < -0.4 is 4.74 Å². The van der Waals surface area contributed by atoms with Crippen LogP contribution in [0.1, 0.15) is 32.8 Å². The first-order valence-corrected chi connectivity index (χ1v) is 7.23. The number of carbonyl (C=O) groups is 1. The van der Waals surface area contributed by atoms with Crippen molar-refractivity contribution < 1.29 is 14.6 Å². The standard InChI is InChI=1S/C16H25NO3/c1-4-9-20-15-8-6-7-14(10-15)12-17(5-2)11-13(3)16(18)19/h6-8,10,13H,4-5,9,11-12H2,1-3H3,(H,18,19). The minimum Gasteiger partial charge on any atom is -0.494 e. The highest BCUT2D eigenvalue weighted by Crippen LogP contribution is 2.16. The Kier molecular flexibility index (Phi) is 7.09. The van der Waals surface area contributed by atoms with Crippen LogP contribution in [0.15, 0.2) is 24.3 Å². The van der Waals surface area contributed by atoms with Gasteiger partial charge in [0.2, 0.25) is 0 Å². The van der Waals surface area contributed by atoms with Gasteiger partial charge < -0.3 is 9.84 Å². The first-order valence-electron chi connectivity index (χ1n) is 7.23. The largest absolute Gasteiger partial charge is 0.494 e. The topological polar surface area (TPSA) is 49.8 Å². The summed E-state index contributed by atoms with van der Waals surface area (Å²) in [6.45, 7) is 8.73. The van der Waals surface area contributed by atoms with E-state index in [4.69, 9.17) is 9.84 Å². The van der Waals surface area contributed by atoms with Crippen molar-refractivity contribution in [3.05, 3.63) is 29.8 Å². The molecule has 0 aromatic heterocycles. The monoisotopic (exact) mass is 279 g/mol. The van der Waals surface area contributed by atoms with Crippen LogP contribution in [0.3, 0.4) is 0 Å². The quantitative estimate of drug-likeness (QED) is 0.755. The maximum absolute atomic E-state index is 10.9. The van der Waals surface area contributed by atoms with E-state index in [1.165, 1.54) is 0 Å². The van der Waals surface area contributed by atoms with Crippen LogP contribution in [-0.4, -0.2) is 35.7 Å². The number of carboxylic acids is 1. The van der Waals surface area contributed by atoms with Crippen molar-refractivity contribution in [1.82, 2.24) is 4.90 Å². The van der Waals surface area contributed by atoms with Crippen molar-refractivity contribution in [2.75, 3.05) is 19.7 Å². The third kappa shape index (κ3) is 5.61. The highest BCUT2D eigenvalue weighted by Gasteiger charge is 2.15. The van der Waals surface area contributed by atoms with Gasteiger partial charge in [0.1, 0.15) is 5.75 Å². The Balaban J connectivity index is 2.62. The second-order valence-electron chi connectivity index (χ2n) is 5.06. The van der Waals surface area contributed by atoms with Crippen LogP contribution in [0.2, 0.25) is 0 Å². The molecular formula is C16H25NO3. The maximum atomic E-state index is 10.9. The normalized spacial score (nSPS) is 12.4. The lowest BCUT2D eigenvalue weighted by Gasteiger charge is -2.22. The fourth-order valence-electron chi connectivity index (χ4n) is 1.98. The van der Waals surface area contributed by atoms with Gasteiger partial charge in [-0.15, -0.1) is 0 Å². The molecule has 1 unspecified atom stereocenters. The van der Waals surface area contributed by atoms with Crippen molar-refractivity contribution in [2.45, 2.75) is 33.7 Å². The van der Waals surface area contributed by atoms with E-state index in [1.54, 1.807) is 6.92 Å². The molecule has 0 aliphatic rings. The smallest absolute Gasteiger partial charge is 0.307 e. The molecule has 0 aliphatic carbocycles. The molecule has 0 radical (unpaired) electrons. The highest BCUT2D eigenvalue weighted by molar-refractivity contribution is 5.69. The van der Waals surface area contributed by atoms with Crippen molar-refractivity contribution in [1.29, 1.82) is 0 Å². The van der Waals surface area contributed by atoms with E-state index in [-0.39, 0.29) is 5.92 Å². The Hall–Kier alpha value is -1.55. The van der Waals surface area contributed by atoms with Gasteiger partial charge in [0, 0.05) is 13.1 Å². The number of hydrogen-bond acceptors (Lipinski definition) is 3. The van der Waals surface area contributed by atoms with Gasteiger partial charge in [-0.3, -0.25) is 9.69 Å². The predicted octanol–water partition coefficient (Wildman–Crippen LogP) is 3.02. The number of benzene rings is 1. The molecule has 0 amide bonds. The molecular weight excluding hydrogens is 254 g/mol. The molecule has 1 rings (SSSR count). The average molecular weight is 279 g/mol. The fraction of sp³-hybridized carbons (Fsp3) is 0.562. The Morgan fingerprint density at radius 1 is 1.40 bits per heavy atom. The minimum atomic E-state index is -0.747. The molecule has 0 spiro atoms. The van der Waals surface area contributed by atoms with E-state index < -0.39 is 5.97 Å². The number of hydrogen-bond donors (Lipinski definition) is 1. The number of carboxylic acid groups (broad SMARTS) is 1. The summed E-state index contributed by atoms with van der Waals surface area (Å²) in [6.07, 6.45) is 0.988. The molecule has 1 atom stereocenters. The zero-order valence-corrected chi connectivity index (χ0v) is 12.6. The van der Waals surface area contributed by atoms with Crippen LogP contribution in [0.5, 0.6) is 5.75 Å². The summed E-state index contributed by atoms with van der Waals surface area (Å²) in [7, 11) is 0. The summed E-state index contributed by atoms with van der Waals surface area (Å²) in [6, 6.07) is 8.01. The lowest BCUT2D eigenvalue weighted by atomic mass is 10.1. The summed E-state index contributed by atoms with van der Waals surface area (Å²) in [5.41, 5.74) is 1.15. The summed E-state index contributed by atoms with van der Waals surface area (Å²) in [5.74, 6) is -0.218. The molecule has 0 heterocycles. The Morgan fingerprint density at radius 2 is 2.15 bits per heavy atom. The van der Waals surface area contributed by atoms with E-state index in [9.17, 15) is 4.79 Å². The second-order valence-corrected chi connectivity index (χ2v) is 5.06. The van der Waals surface area contributed by atoms with Crippen LogP contribution in [0.25, 0.3) is 0 Å². The van der Waals surface area contributed by atoms with Crippen molar-refractivity contribution in [2.24, 2.45) is 5.92 Å². The van der Waals surface area contributed by atoms with Gasteiger partial charge in [0.05, 0.1) is 12.5 Å². The van der Waals surface area contributed by atoms with Gasteiger partial charge in [-0.25, -0.2) is 0 Å². The van der Waals surface area contributed by atoms with Gasteiger partial charge in [0.15, 0.2) is 0 Å². The van der Waals surface area contributed by atoms with Crippen LogP contribution in [0, 0.1) is 5.92 Å².